The molecule has 0 unspecified atom stereocenters. The van der Waals surface area contributed by atoms with E-state index >= 15 is 0 Å². The lowest BCUT2D eigenvalue weighted by Crippen LogP contribution is -2.51. The van der Waals surface area contributed by atoms with E-state index in [1.54, 1.807) is 16.8 Å². The third kappa shape index (κ3) is 4.50. The number of nitrogens with zero attached hydrogens (tertiary/aromatic N) is 4. The lowest BCUT2D eigenvalue weighted by Gasteiger charge is -2.33. The number of anilines is 1. The van der Waals surface area contributed by atoms with Crippen LogP contribution in [-0.4, -0.2) is 45.8 Å². The molecule has 2 amide bonds. The third-order valence-corrected chi connectivity index (χ3v) is 5.69. The van der Waals surface area contributed by atoms with Crippen molar-refractivity contribution in [3.8, 4) is 22.8 Å². The SMILES string of the molecule is CCCNC(=O)[C@H]1CN(C(=O)c2nc(-c3ccccc3)n(-c3ccccc3)n2)c2ccccc2O1. The summed E-state index contributed by atoms with van der Waals surface area (Å²) < 4.78 is 7.59. The minimum absolute atomic E-state index is 0.0390. The Morgan fingerprint density at radius 2 is 1.66 bits per heavy atom. The van der Waals surface area contributed by atoms with Crippen molar-refractivity contribution in [1.29, 1.82) is 0 Å². The molecule has 0 spiro atoms. The van der Waals surface area contributed by atoms with Crippen molar-refractivity contribution >= 4 is 17.5 Å². The monoisotopic (exact) mass is 467 g/mol. The van der Waals surface area contributed by atoms with E-state index in [1.807, 2.05) is 79.7 Å². The van der Waals surface area contributed by atoms with Crippen LogP contribution in [0.1, 0.15) is 24.0 Å². The molecule has 4 aromatic rings. The van der Waals surface area contributed by atoms with Crippen molar-refractivity contribution < 1.29 is 14.3 Å². The normalized spacial score (nSPS) is 14.7. The topological polar surface area (TPSA) is 89.4 Å². The van der Waals surface area contributed by atoms with Crippen molar-refractivity contribution in [3.63, 3.8) is 0 Å². The Morgan fingerprint density at radius 3 is 2.40 bits per heavy atom. The number of ether oxygens (including phenoxy) is 1. The van der Waals surface area contributed by atoms with Gasteiger partial charge in [-0.3, -0.25) is 14.5 Å². The third-order valence-electron chi connectivity index (χ3n) is 5.69. The molecule has 8 heteroatoms. The molecule has 0 aliphatic carbocycles. The maximum absolute atomic E-state index is 13.8. The average molecular weight is 468 g/mol. The maximum atomic E-state index is 13.8. The van der Waals surface area contributed by atoms with Gasteiger partial charge in [-0.2, -0.15) is 0 Å². The van der Waals surface area contributed by atoms with Gasteiger partial charge in [-0.05, 0) is 30.7 Å². The Balaban J connectivity index is 1.54. The van der Waals surface area contributed by atoms with E-state index < -0.39 is 12.0 Å². The van der Waals surface area contributed by atoms with E-state index in [1.165, 1.54) is 4.90 Å². The summed E-state index contributed by atoms with van der Waals surface area (Å²) in [5.41, 5.74) is 2.20. The summed E-state index contributed by atoms with van der Waals surface area (Å²) in [6, 6.07) is 26.3. The molecule has 176 valence electrons. The van der Waals surface area contributed by atoms with Crippen LogP contribution in [0.15, 0.2) is 84.9 Å². The van der Waals surface area contributed by atoms with Crippen LogP contribution in [-0.2, 0) is 4.79 Å². The highest BCUT2D eigenvalue weighted by atomic mass is 16.5. The number of para-hydroxylation sites is 3. The molecular weight excluding hydrogens is 442 g/mol. The number of carbonyl (C=O) groups excluding carboxylic acids is 2. The van der Waals surface area contributed by atoms with Gasteiger partial charge in [-0.1, -0.05) is 67.6 Å². The van der Waals surface area contributed by atoms with Crippen LogP contribution in [0.2, 0.25) is 0 Å². The quantitative estimate of drug-likeness (QED) is 0.465. The maximum Gasteiger partial charge on any atom is 0.298 e. The fraction of sp³-hybridized carbons (Fsp3) is 0.185. The first-order valence-electron chi connectivity index (χ1n) is 11.6. The Hall–Kier alpha value is -4.46. The summed E-state index contributed by atoms with van der Waals surface area (Å²) in [6.07, 6.45) is -0.0222. The van der Waals surface area contributed by atoms with Crippen LogP contribution in [0, 0.1) is 0 Å². The van der Waals surface area contributed by atoms with Crippen LogP contribution < -0.4 is 15.0 Å². The molecule has 0 radical (unpaired) electrons. The first-order valence-corrected chi connectivity index (χ1v) is 11.6. The number of fused-ring (bicyclic) bond motifs is 1. The van der Waals surface area contributed by atoms with Crippen molar-refractivity contribution in [2.45, 2.75) is 19.4 Å². The largest absolute Gasteiger partial charge is 0.477 e. The Bertz CT molecular complexity index is 1280. The molecule has 0 fully saturated rings. The number of benzene rings is 3. The number of nitrogens with one attached hydrogen (secondary N) is 1. The zero-order valence-corrected chi connectivity index (χ0v) is 19.3. The zero-order chi connectivity index (χ0) is 24.2. The predicted molar refractivity (Wildman–Crippen MR) is 133 cm³/mol. The van der Waals surface area contributed by atoms with Gasteiger partial charge in [0.25, 0.3) is 11.8 Å². The lowest BCUT2D eigenvalue weighted by atomic mass is 10.1. The second kappa shape index (κ2) is 9.80. The number of amides is 2. The highest BCUT2D eigenvalue weighted by molar-refractivity contribution is 6.06. The molecule has 0 saturated carbocycles. The van der Waals surface area contributed by atoms with Crippen LogP contribution >= 0.6 is 0 Å². The predicted octanol–water partition coefficient (Wildman–Crippen LogP) is 3.87. The number of carbonyl (C=O) groups is 2. The molecule has 1 atom stereocenters. The number of rotatable bonds is 6. The molecule has 1 aliphatic heterocycles. The molecule has 1 aliphatic rings. The van der Waals surface area contributed by atoms with Crippen molar-refractivity contribution in [1.82, 2.24) is 20.1 Å². The van der Waals surface area contributed by atoms with Gasteiger partial charge in [0.15, 0.2) is 11.9 Å². The molecule has 1 N–H and O–H groups in total. The Kier molecular flexibility index (Phi) is 6.26. The van der Waals surface area contributed by atoms with Crippen LogP contribution in [0.4, 0.5) is 5.69 Å². The average Bonchev–Trinajstić information content (AvgIpc) is 3.37. The summed E-state index contributed by atoms with van der Waals surface area (Å²) in [7, 11) is 0. The number of hydrogen-bond donors (Lipinski definition) is 1. The highest BCUT2D eigenvalue weighted by Gasteiger charge is 2.35. The first kappa shape index (κ1) is 22.3. The molecule has 5 rings (SSSR count). The van der Waals surface area contributed by atoms with Gasteiger partial charge >= 0.3 is 0 Å². The lowest BCUT2D eigenvalue weighted by molar-refractivity contribution is -0.127. The summed E-state index contributed by atoms with van der Waals surface area (Å²) in [6.45, 7) is 2.58. The van der Waals surface area contributed by atoms with Crippen LogP contribution in [0.25, 0.3) is 17.1 Å². The number of hydrogen-bond acceptors (Lipinski definition) is 5. The van der Waals surface area contributed by atoms with E-state index in [-0.39, 0.29) is 18.3 Å². The molecule has 2 heterocycles. The Labute approximate surface area is 203 Å². The minimum atomic E-state index is -0.829. The summed E-state index contributed by atoms with van der Waals surface area (Å²) in [5, 5.41) is 7.45. The van der Waals surface area contributed by atoms with Gasteiger partial charge in [0.05, 0.1) is 17.9 Å². The molecule has 3 aromatic carbocycles. The van der Waals surface area contributed by atoms with E-state index in [9.17, 15) is 9.59 Å². The van der Waals surface area contributed by atoms with E-state index in [2.05, 4.69) is 15.4 Å². The molecule has 35 heavy (non-hydrogen) atoms. The second-order valence-electron chi connectivity index (χ2n) is 8.15. The standard InChI is InChI=1S/C27H25N5O3/c1-2-17-28-26(33)23-18-31(21-15-9-10-16-22(21)35-23)27(34)24-29-25(19-11-5-3-6-12-19)32(30-24)20-13-7-4-8-14-20/h3-16,23H,2,17-18H2,1H3,(H,28,33)/t23-/m1/s1. The van der Waals surface area contributed by atoms with Crippen LogP contribution in [0.3, 0.4) is 0 Å². The summed E-state index contributed by atoms with van der Waals surface area (Å²) in [4.78, 5) is 32.6. The zero-order valence-electron chi connectivity index (χ0n) is 19.3. The van der Waals surface area contributed by atoms with Crippen molar-refractivity contribution in [2.24, 2.45) is 0 Å². The van der Waals surface area contributed by atoms with Gasteiger partial charge in [0.1, 0.15) is 5.75 Å². The van der Waals surface area contributed by atoms with Crippen LogP contribution in [0.5, 0.6) is 5.75 Å². The molecule has 0 saturated heterocycles. The van der Waals surface area contributed by atoms with Gasteiger partial charge in [-0.15, -0.1) is 5.10 Å². The summed E-state index contributed by atoms with van der Waals surface area (Å²) in [5.74, 6) is 0.401. The van der Waals surface area contributed by atoms with Gasteiger partial charge < -0.3 is 10.1 Å². The minimum Gasteiger partial charge on any atom is -0.477 e. The van der Waals surface area contributed by atoms with Gasteiger partial charge in [0, 0.05) is 12.1 Å². The van der Waals surface area contributed by atoms with Crippen molar-refractivity contribution in [2.75, 3.05) is 18.0 Å². The van der Waals surface area contributed by atoms with E-state index in [4.69, 9.17) is 4.74 Å². The molecular formula is C27H25N5O3. The molecule has 8 nitrogen and oxygen atoms in total. The second-order valence-corrected chi connectivity index (χ2v) is 8.15. The van der Waals surface area contributed by atoms with E-state index in [0.717, 1.165) is 17.7 Å². The summed E-state index contributed by atoms with van der Waals surface area (Å²) >= 11 is 0. The smallest absolute Gasteiger partial charge is 0.298 e. The van der Waals surface area contributed by atoms with Gasteiger partial charge in [0.2, 0.25) is 5.82 Å². The van der Waals surface area contributed by atoms with Gasteiger partial charge in [-0.25, -0.2) is 9.67 Å². The van der Waals surface area contributed by atoms with Crippen molar-refractivity contribution in [3.05, 3.63) is 90.8 Å². The fourth-order valence-electron chi connectivity index (χ4n) is 3.97. The Morgan fingerprint density at radius 1 is 0.971 bits per heavy atom. The molecule has 1 aromatic heterocycles. The highest BCUT2D eigenvalue weighted by Crippen LogP contribution is 2.34. The van der Waals surface area contributed by atoms with E-state index in [0.29, 0.717) is 23.8 Å². The fourth-order valence-corrected chi connectivity index (χ4v) is 3.97. The first-order chi connectivity index (χ1) is 17.2. The number of aromatic nitrogens is 3. The molecule has 0 bridgehead atoms.